The quantitative estimate of drug-likeness (QED) is 0.723. The molecule has 3 nitrogen and oxygen atoms in total. The largest absolute Gasteiger partial charge is 0.495 e. The van der Waals surface area contributed by atoms with Crippen molar-refractivity contribution in [1.29, 1.82) is 10.5 Å². The molecule has 0 heterocycles. The molecule has 0 aliphatic heterocycles. The van der Waals surface area contributed by atoms with Crippen molar-refractivity contribution in [2.45, 2.75) is 0 Å². The summed E-state index contributed by atoms with van der Waals surface area (Å²) in [6.07, 6.45) is 0. The van der Waals surface area contributed by atoms with Gasteiger partial charge in [0.05, 0.1) is 12.7 Å². The maximum absolute atomic E-state index is 9.11. The predicted molar refractivity (Wildman–Crippen MR) is 59.9 cm³/mol. The number of nitriles is 2. The fraction of sp³-hybridized carbons (Fsp3) is 0.0769. The maximum atomic E-state index is 9.11. The number of hydrogen-bond acceptors (Lipinski definition) is 3. The Morgan fingerprint density at radius 1 is 1.06 bits per heavy atom. The van der Waals surface area contributed by atoms with Crippen molar-refractivity contribution in [2.75, 3.05) is 7.11 Å². The lowest BCUT2D eigenvalue weighted by molar-refractivity contribution is 0.414. The zero-order chi connectivity index (χ0) is 11.5. The lowest BCUT2D eigenvalue weighted by atomic mass is 9.99. The molecule has 2 aromatic carbocycles. The highest BCUT2D eigenvalue weighted by atomic mass is 16.5. The molecular formula is C13H8N2O. The Balaban J connectivity index is 2.96. The monoisotopic (exact) mass is 208 g/mol. The summed E-state index contributed by atoms with van der Waals surface area (Å²) in [4.78, 5) is 0. The number of nitrogens with zero attached hydrogens (tertiary/aromatic N) is 2. The zero-order valence-electron chi connectivity index (χ0n) is 8.69. The highest BCUT2D eigenvalue weighted by Crippen LogP contribution is 2.29. The van der Waals surface area contributed by atoms with Gasteiger partial charge in [-0.25, -0.2) is 0 Å². The minimum absolute atomic E-state index is 0.295. The fourth-order valence-corrected chi connectivity index (χ4v) is 1.71. The van der Waals surface area contributed by atoms with Gasteiger partial charge in [-0.2, -0.15) is 10.5 Å². The number of fused-ring (bicyclic) bond motifs is 1. The van der Waals surface area contributed by atoms with Crippen molar-refractivity contribution in [3.63, 3.8) is 0 Å². The van der Waals surface area contributed by atoms with E-state index < -0.39 is 0 Å². The first-order chi connectivity index (χ1) is 7.81. The van der Waals surface area contributed by atoms with Gasteiger partial charge >= 0.3 is 0 Å². The van der Waals surface area contributed by atoms with Crippen LogP contribution in [-0.4, -0.2) is 7.11 Å². The molecule has 2 aromatic rings. The molecule has 0 aliphatic carbocycles. The summed E-state index contributed by atoms with van der Waals surface area (Å²) in [6, 6.07) is 13.3. The molecule has 0 unspecified atom stereocenters. The molecule has 0 spiro atoms. The maximum Gasteiger partial charge on any atom is 0.138 e. The third-order valence-corrected chi connectivity index (χ3v) is 2.46. The molecule has 3 heteroatoms. The molecule has 0 saturated heterocycles. The molecule has 0 saturated carbocycles. The summed E-state index contributed by atoms with van der Waals surface area (Å²) < 4.78 is 5.11. The Bertz CT molecular complexity index is 633. The summed E-state index contributed by atoms with van der Waals surface area (Å²) in [5.74, 6) is 0.442. The second kappa shape index (κ2) is 3.92. The molecular weight excluding hydrogens is 200 g/mol. The van der Waals surface area contributed by atoms with E-state index in [1.807, 2.05) is 30.3 Å². The smallest absolute Gasteiger partial charge is 0.138 e. The van der Waals surface area contributed by atoms with Gasteiger partial charge in [0, 0.05) is 5.39 Å². The number of rotatable bonds is 1. The molecule has 0 radical (unpaired) electrons. The third kappa shape index (κ3) is 1.36. The number of hydrogen-bond donors (Lipinski definition) is 0. The van der Waals surface area contributed by atoms with Crippen LogP contribution in [0, 0.1) is 22.7 Å². The van der Waals surface area contributed by atoms with Crippen molar-refractivity contribution >= 4 is 10.8 Å². The Morgan fingerprint density at radius 3 is 2.38 bits per heavy atom. The van der Waals surface area contributed by atoms with E-state index in [0.717, 1.165) is 10.8 Å². The average molecular weight is 208 g/mol. The van der Waals surface area contributed by atoms with Crippen LogP contribution in [0.15, 0.2) is 30.3 Å². The topological polar surface area (TPSA) is 56.8 Å². The lowest BCUT2D eigenvalue weighted by Gasteiger charge is -2.07. The Kier molecular flexibility index (Phi) is 2.45. The first-order valence-electron chi connectivity index (χ1n) is 4.71. The fourth-order valence-electron chi connectivity index (χ4n) is 1.71. The normalized spacial score (nSPS) is 9.44. The molecule has 76 valence electrons. The number of methoxy groups -OCH3 is 1. The highest BCUT2D eigenvalue weighted by molar-refractivity contribution is 5.92. The summed E-state index contributed by atoms with van der Waals surface area (Å²) in [5, 5.41) is 19.8. The van der Waals surface area contributed by atoms with Crippen LogP contribution in [0.5, 0.6) is 5.75 Å². The van der Waals surface area contributed by atoms with E-state index in [1.165, 1.54) is 7.11 Å². The van der Waals surface area contributed by atoms with Crippen molar-refractivity contribution < 1.29 is 4.74 Å². The van der Waals surface area contributed by atoms with Crippen LogP contribution in [0.3, 0.4) is 0 Å². The van der Waals surface area contributed by atoms with Crippen LogP contribution >= 0.6 is 0 Å². The molecule has 0 aromatic heterocycles. The number of benzene rings is 2. The van der Waals surface area contributed by atoms with E-state index in [4.69, 9.17) is 15.3 Å². The van der Waals surface area contributed by atoms with E-state index in [1.54, 1.807) is 6.07 Å². The molecule has 0 amide bonds. The molecule has 2 rings (SSSR count). The summed E-state index contributed by atoms with van der Waals surface area (Å²) in [5.41, 5.74) is 0.668. The van der Waals surface area contributed by atoms with Crippen LogP contribution in [0.2, 0.25) is 0 Å². The first-order valence-corrected chi connectivity index (χ1v) is 4.71. The van der Waals surface area contributed by atoms with Gasteiger partial charge < -0.3 is 4.74 Å². The van der Waals surface area contributed by atoms with Crippen LogP contribution in [0.25, 0.3) is 10.8 Å². The Morgan fingerprint density at radius 2 is 1.75 bits per heavy atom. The van der Waals surface area contributed by atoms with E-state index in [2.05, 4.69) is 6.07 Å². The van der Waals surface area contributed by atoms with E-state index in [0.29, 0.717) is 16.9 Å². The SMILES string of the molecule is COc1cc2ccccc2c(C#N)c1C#N. The van der Waals surface area contributed by atoms with Gasteiger partial charge in [-0.1, -0.05) is 24.3 Å². The molecule has 0 N–H and O–H groups in total. The molecule has 0 atom stereocenters. The van der Waals surface area contributed by atoms with Gasteiger partial charge in [0.15, 0.2) is 0 Å². The second-order valence-electron chi connectivity index (χ2n) is 3.27. The van der Waals surface area contributed by atoms with Crippen molar-refractivity contribution in [3.05, 3.63) is 41.5 Å². The highest BCUT2D eigenvalue weighted by Gasteiger charge is 2.12. The van der Waals surface area contributed by atoms with Gasteiger partial charge in [0.1, 0.15) is 23.5 Å². The number of ether oxygens (including phenoxy) is 1. The third-order valence-electron chi connectivity index (χ3n) is 2.46. The Hall–Kier alpha value is -2.52. The standard InChI is InChI=1S/C13H8N2O/c1-16-13-6-9-4-2-3-5-10(9)11(7-14)12(13)8-15/h2-6H,1H3. The van der Waals surface area contributed by atoms with Crippen LogP contribution in [0.1, 0.15) is 11.1 Å². The van der Waals surface area contributed by atoms with E-state index >= 15 is 0 Å². The van der Waals surface area contributed by atoms with Crippen LogP contribution < -0.4 is 4.74 Å². The molecule has 16 heavy (non-hydrogen) atoms. The van der Waals surface area contributed by atoms with Gasteiger partial charge in [-0.05, 0) is 11.5 Å². The van der Waals surface area contributed by atoms with Crippen LogP contribution in [0.4, 0.5) is 0 Å². The molecule has 0 fully saturated rings. The molecule has 0 bridgehead atoms. The zero-order valence-corrected chi connectivity index (χ0v) is 8.69. The van der Waals surface area contributed by atoms with Gasteiger partial charge in [0.25, 0.3) is 0 Å². The second-order valence-corrected chi connectivity index (χ2v) is 3.27. The Labute approximate surface area is 93.1 Å². The van der Waals surface area contributed by atoms with Gasteiger partial charge in [-0.15, -0.1) is 0 Å². The summed E-state index contributed by atoms with van der Waals surface area (Å²) >= 11 is 0. The van der Waals surface area contributed by atoms with Crippen molar-refractivity contribution in [3.8, 4) is 17.9 Å². The van der Waals surface area contributed by atoms with Gasteiger partial charge in [-0.3, -0.25) is 0 Å². The summed E-state index contributed by atoms with van der Waals surface area (Å²) in [7, 11) is 1.49. The lowest BCUT2D eigenvalue weighted by Crippen LogP contribution is -1.93. The van der Waals surface area contributed by atoms with Gasteiger partial charge in [0.2, 0.25) is 0 Å². The average Bonchev–Trinajstić information content (AvgIpc) is 2.36. The van der Waals surface area contributed by atoms with E-state index in [9.17, 15) is 0 Å². The van der Waals surface area contributed by atoms with Crippen molar-refractivity contribution in [1.82, 2.24) is 0 Å². The first kappa shape index (κ1) is 10.0. The summed E-state index contributed by atoms with van der Waals surface area (Å²) in [6.45, 7) is 0. The molecule has 0 aliphatic rings. The van der Waals surface area contributed by atoms with Crippen LogP contribution in [-0.2, 0) is 0 Å². The minimum Gasteiger partial charge on any atom is -0.495 e. The van der Waals surface area contributed by atoms with E-state index in [-0.39, 0.29) is 0 Å². The van der Waals surface area contributed by atoms with Crippen molar-refractivity contribution in [2.24, 2.45) is 0 Å². The minimum atomic E-state index is 0.295. The predicted octanol–water partition coefficient (Wildman–Crippen LogP) is 2.59.